The van der Waals surface area contributed by atoms with Crippen molar-refractivity contribution in [1.29, 1.82) is 0 Å². The van der Waals surface area contributed by atoms with Crippen molar-refractivity contribution in [3.8, 4) is 0 Å². The molecule has 0 bridgehead atoms. The fourth-order valence-electron chi connectivity index (χ4n) is 0.964. The Morgan fingerprint density at radius 1 is 1.21 bits per heavy atom. The van der Waals surface area contributed by atoms with E-state index in [1.807, 2.05) is 24.3 Å². The van der Waals surface area contributed by atoms with Crippen LogP contribution in [0.15, 0.2) is 42.0 Å². The van der Waals surface area contributed by atoms with Gasteiger partial charge in [0.15, 0.2) is 0 Å². The highest BCUT2D eigenvalue weighted by molar-refractivity contribution is 14.1. The first-order valence-corrected chi connectivity index (χ1v) is 5.07. The van der Waals surface area contributed by atoms with Crippen LogP contribution in [0.4, 0.5) is 0 Å². The van der Waals surface area contributed by atoms with E-state index in [1.165, 1.54) is 3.57 Å². The van der Waals surface area contributed by atoms with Crippen molar-refractivity contribution in [2.24, 2.45) is 5.10 Å². The van der Waals surface area contributed by atoms with E-state index >= 15 is 0 Å². The molecule has 1 aromatic heterocycles. The molecule has 0 saturated heterocycles. The maximum Gasteiger partial charge on any atom is 0.141 e. The van der Waals surface area contributed by atoms with Crippen LogP contribution < -0.4 is 0 Å². The van der Waals surface area contributed by atoms with Gasteiger partial charge in [0.05, 0.1) is 6.21 Å². The fraction of sp³-hybridized carbons (Fsp3) is 0. The number of hydrogen-bond donors (Lipinski definition) is 0. The Kier molecular flexibility index (Phi) is 2.87. The average molecular weight is 298 g/mol. The molecule has 0 fully saturated rings. The van der Waals surface area contributed by atoms with Crippen LogP contribution >= 0.6 is 22.6 Å². The van der Waals surface area contributed by atoms with Gasteiger partial charge < -0.3 is 0 Å². The summed E-state index contributed by atoms with van der Waals surface area (Å²) in [6.07, 6.45) is 4.88. The van der Waals surface area contributed by atoms with Crippen molar-refractivity contribution in [3.05, 3.63) is 46.1 Å². The summed E-state index contributed by atoms with van der Waals surface area (Å²) >= 11 is 2.27. The Bertz CT molecular complexity index is 436. The summed E-state index contributed by atoms with van der Waals surface area (Å²) in [7, 11) is 0. The summed E-state index contributed by atoms with van der Waals surface area (Å²) < 4.78 is 2.73. The Balaban J connectivity index is 2.23. The zero-order valence-electron chi connectivity index (χ0n) is 7.21. The molecule has 2 rings (SSSR count). The molecule has 0 saturated carbocycles. The standard InChI is InChI=1S/C9H7IN4/c10-9-4-2-1-3-8(9)5-13-14-6-11-12-7-14/h1-7H/b13-5-. The van der Waals surface area contributed by atoms with E-state index in [1.54, 1.807) is 23.5 Å². The predicted octanol–water partition coefficient (Wildman–Crippen LogP) is 1.76. The van der Waals surface area contributed by atoms with Crippen molar-refractivity contribution >= 4 is 28.8 Å². The molecule has 2 aromatic rings. The second-order valence-corrected chi connectivity index (χ2v) is 3.77. The van der Waals surface area contributed by atoms with Gasteiger partial charge in [0.25, 0.3) is 0 Å². The van der Waals surface area contributed by atoms with Gasteiger partial charge in [-0.3, -0.25) is 0 Å². The van der Waals surface area contributed by atoms with E-state index in [4.69, 9.17) is 0 Å². The Morgan fingerprint density at radius 3 is 2.64 bits per heavy atom. The molecule has 0 aliphatic carbocycles. The highest BCUT2D eigenvalue weighted by Gasteiger charge is 1.93. The molecule has 0 spiro atoms. The van der Waals surface area contributed by atoms with Gasteiger partial charge in [0.1, 0.15) is 12.7 Å². The lowest BCUT2D eigenvalue weighted by molar-refractivity contribution is 0.878. The Hall–Kier alpha value is -1.24. The van der Waals surface area contributed by atoms with Gasteiger partial charge in [-0.2, -0.15) is 5.10 Å². The molecule has 14 heavy (non-hydrogen) atoms. The molecule has 0 atom stereocenters. The first-order chi connectivity index (χ1) is 6.86. The maximum atomic E-state index is 4.16. The molecule has 4 nitrogen and oxygen atoms in total. The van der Waals surface area contributed by atoms with Crippen LogP contribution in [0.2, 0.25) is 0 Å². The van der Waals surface area contributed by atoms with Gasteiger partial charge in [-0.1, -0.05) is 18.2 Å². The molecule has 70 valence electrons. The lowest BCUT2D eigenvalue weighted by Gasteiger charge is -1.95. The monoisotopic (exact) mass is 298 g/mol. The van der Waals surface area contributed by atoms with Crippen LogP contribution in [-0.4, -0.2) is 21.1 Å². The minimum absolute atomic E-state index is 1.09. The third-order valence-corrected chi connectivity index (χ3v) is 2.62. The van der Waals surface area contributed by atoms with Crippen LogP contribution in [0.1, 0.15) is 5.56 Å². The van der Waals surface area contributed by atoms with Gasteiger partial charge in [0, 0.05) is 9.13 Å². The lowest BCUT2D eigenvalue weighted by Crippen LogP contribution is -1.89. The van der Waals surface area contributed by atoms with Crippen molar-refractivity contribution in [2.75, 3.05) is 0 Å². The van der Waals surface area contributed by atoms with E-state index in [2.05, 4.69) is 37.9 Å². The summed E-state index contributed by atoms with van der Waals surface area (Å²) in [5.74, 6) is 0. The summed E-state index contributed by atoms with van der Waals surface area (Å²) in [5, 5.41) is 11.5. The molecule has 1 heterocycles. The number of nitrogens with zero attached hydrogens (tertiary/aromatic N) is 4. The van der Waals surface area contributed by atoms with Gasteiger partial charge in [0.2, 0.25) is 0 Å². The molecule has 0 aliphatic heterocycles. The second-order valence-electron chi connectivity index (χ2n) is 2.61. The quantitative estimate of drug-likeness (QED) is 0.626. The normalized spacial score (nSPS) is 10.9. The first kappa shape index (κ1) is 9.32. The molecular weight excluding hydrogens is 291 g/mol. The zero-order chi connectivity index (χ0) is 9.80. The van der Waals surface area contributed by atoms with Crippen molar-refractivity contribution < 1.29 is 0 Å². The van der Waals surface area contributed by atoms with E-state index in [0.29, 0.717) is 0 Å². The molecule has 1 aromatic carbocycles. The van der Waals surface area contributed by atoms with Crippen molar-refractivity contribution in [1.82, 2.24) is 14.9 Å². The maximum absolute atomic E-state index is 4.16. The number of hydrogen-bond acceptors (Lipinski definition) is 3. The van der Waals surface area contributed by atoms with Crippen LogP contribution in [0.5, 0.6) is 0 Å². The number of aromatic nitrogens is 3. The third-order valence-electron chi connectivity index (χ3n) is 1.64. The van der Waals surface area contributed by atoms with Gasteiger partial charge in [-0.25, -0.2) is 4.68 Å². The molecule has 0 N–H and O–H groups in total. The van der Waals surface area contributed by atoms with Gasteiger partial charge in [-0.05, 0) is 28.7 Å². The van der Waals surface area contributed by atoms with Crippen LogP contribution in [0, 0.1) is 3.57 Å². The van der Waals surface area contributed by atoms with Crippen molar-refractivity contribution in [2.45, 2.75) is 0 Å². The van der Waals surface area contributed by atoms with E-state index in [-0.39, 0.29) is 0 Å². The lowest BCUT2D eigenvalue weighted by atomic mass is 10.2. The molecule has 5 heteroatoms. The Morgan fingerprint density at radius 2 is 1.93 bits per heavy atom. The number of halogens is 1. The van der Waals surface area contributed by atoms with E-state index in [9.17, 15) is 0 Å². The molecule has 0 radical (unpaired) electrons. The summed E-state index contributed by atoms with van der Waals surface area (Å²) in [6, 6.07) is 8.03. The molecular formula is C9H7IN4. The summed E-state index contributed by atoms with van der Waals surface area (Å²) in [4.78, 5) is 0. The van der Waals surface area contributed by atoms with Crippen molar-refractivity contribution in [3.63, 3.8) is 0 Å². The summed E-state index contributed by atoms with van der Waals surface area (Å²) in [6.45, 7) is 0. The fourth-order valence-corrected chi connectivity index (χ4v) is 1.49. The minimum Gasteiger partial charge on any atom is -0.208 e. The molecule has 0 amide bonds. The van der Waals surface area contributed by atoms with Gasteiger partial charge in [-0.15, -0.1) is 10.2 Å². The SMILES string of the molecule is Ic1ccccc1/C=N\n1cnnc1. The van der Waals surface area contributed by atoms with Crippen LogP contribution in [-0.2, 0) is 0 Å². The third kappa shape index (κ3) is 2.16. The highest BCUT2D eigenvalue weighted by atomic mass is 127. The molecule has 0 aliphatic rings. The zero-order valence-corrected chi connectivity index (χ0v) is 9.37. The predicted molar refractivity (Wildman–Crippen MR) is 62.2 cm³/mol. The number of rotatable bonds is 2. The summed E-state index contributed by atoms with van der Waals surface area (Å²) in [5.41, 5.74) is 1.09. The second kappa shape index (κ2) is 4.32. The largest absolute Gasteiger partial charge is 0.208 e. The topological polar surface area (TPSA) is 43.1 Å². The molecule has 0 unspecified atom stereocenters. The first-order valence-electron chi connectivity index (χ1n) is 4.00. The van der Waals surface area contributed by atoms with E-state index in [0.717, 1.165) is 5.56 Å². The highest BCUT2D eigenvalue weighted by Crippen LogP contribution is 2.08. The van der Waals surface area contributed by atoms with Crippen LogP contribution in [0.3, 0.4) is 0 Å². The van der Waals surface area contributed by atoms with Crippen LogP contribution in [0.25, 0.3) is 0 Å². The Labute approximate surface area is 94.8 Å². The average Bonchev–Trinajstić information content (AvgIpc) is 2.69. The number of benzene rings is 1. The minimum atomic E-state index is 1.09. The van der Waals surface area contributed by atoms with Gasteiger partial charge >= 0.3 is 0 Å². The smallest absolute Gasteiger partial charge is 0.141 e. The van der Waals surface area contributed by atoms with E-state index < -0.39 is 0 Å².